The van der Waals surface area contributed by atoms with Crippen molar-refractivity contribution < 1.29 is 9.53 Å². The van der Waals surface area contributed by atoms with Crippen LogP contribution in [0.3, 0.4) is 0 Å². The first-order valence-electron chi connectivity index (χ1n) is 8.80. The maximum absolute atomic E-state index is 12.2. The summed E-state index contributed by atoms with van der Waals surface area (Å²) in [6, 6.07) is 7.72. The van der Waals surface area contributed by atoms with Gasteiger partial charge in [0.15, 0.2) is 0 Å². The van der Waals surface area contributed by atoms with Gasteiger partial charge in [0.1, 0.15) is 0 Å². The summed E-state index contributed by atoms with van der Waals surface area (Å²) >= 11 is 0. The molecule has 126 valence electrons. The molecule has 1 aliphatic carbocycles. The molecule has 24 heavy (non-hydrogen) atoms. The minimum absolute atomic E-state index is 0.0403. The van der Waals surface area contributed by atoms with Crippen LogP contribution < -0.4 is 5.32 Å². The van der Waals surface area contributed by atoms with Gasteiger partial charge in [-0.3, -0.25) is 9.48 Å². The van der Waals surface area contributed by atoms with Crippen LogP contribution in [0.25, 0.3) is 11.1 Å². The number of benzene rings is 1. The van der Waals surface area contributed by atoms with E-state index in [0.29, 0.717) is 12.1 Å². The first-order valence-corrected chi connectivity index (χ1v) is 8.80. The first kappa shape index (κ1) is 15.4. The van der Waals surface area contributed by atoms with Crippen molar-refractivity contribution in [3.05, 3.63) is 42.2 Å². The number of carbonyl (C=O) groups excluding carboxylic acids is 1. The number of aromatic nitrogens is 2. The van der Waals surface area contributed by atoms with Crippen molar-refractivity contribution in [2.24, 2.45) is 5.92 Å². The van der Waals surface area contributed by atoms with Gasteiger partial charge in [0.2, 0.25) is 0 Å². The van der Waals surface area contributed by atoms with Crippen LogP contribution in [0.4, 0.5) is 0 Å². The van der Waals surface area contributed by atoms with E-state index in [1.54, 1.807) is 0 Å². The van der Waals surface area contributed by atoms with Gasteiger partial charge in [0.25, 0.3) is 5.91 Å². The molecule has 2 heterocycles. The van der Waals surface area contributed by atoms with Crippen molar-refractivity contribution in [3.8, 4) is 11.1 Å². The van der Waals surface area contributed by atoms with Crippen molar-refractivity contribution in [1.29, 1.82) is 0 Å². The van der Waals surface area contributed by atoms with Crippen LogP contribution in [0.15, 0.2) is 36.7 Å². The second kappa shape index (κ2) is 6.77. The van der Waals surface area contributed by atoms with E-state index in [4.69, 9.17) is 4.74 Å². The zero-order valence-electron chi connectivity index (χ0n) is 13.8. The van der Waals surface area contributed by atoms with E-state index in [2.05, 4.69) is 16.6 Å². The number of hydrogen-bond acceptors (Lipinski definition) is 3. The summed E-state index contributed by atoms with van der Waals surface area (Å²) in [5, 5.41) is 7.38. The molecule has 2 aliphatic rings. The third-order valence-corrected chi connectivity index (χ3v) is 4.77. The normalized spacial score (nSPS) is 20.2. The average molecular weight is 325 g/mol. The summed E-state index contributed by atoms with van der Waals surface area (Å²) in [7, 11) is 0. The lowest BCUT2D eigenvalue weighted by Gasteiger charge is -2.10. The van der Waals surface area contributed by atoms with Crippen molar-refractivity contribution in [1.82, 2.24) is 15.1 Å². The molecule has 1 amide bonds. The summed E-state index contributed by atoms with van der Waals surface area (Å²) in [6.45, 7) is 2.42. The molecule has 0 unspecified atom stereocenters. The Morgan fingerprint density at radius 2 is 2.04 bits per heavy atom. The van der Waals surface area contributed by atoms with Gasteiger partial charge in [-0.1, -0.05) is 12.1 Å². The van der Waals surface area contributed by atoms with Crippen LogP contribution in [0, 0.1) is 5.92 Å². The minimum Gasteiger partial charge on any atom is -0.376 e. The van der Waals surface area contributed by atoms with Crippen LogP contribution in [-0.2, 0) is 11.3 Å². The summed E-state index contributed by atoms with van der Waals surface area (Å²) in [5.41, 5.74) is 2.87. The van der Waals surface area contributed by atoms with Crippen molar-refractivity contribution in [2.75, 3.05) is 13.2 Å². The van der Waals surface area contributed by atoms with Gasteiger partial charge in [-0.25, -0.2) is 0 Å². The number of ether oxygens (including phenoxy) is 1. The van der Waals surface area contributed by atoms with Crippen LogP contribution in [0.5, 0.6) is 0 Å². The molecule has 0 spiro atoms. The summed E-state index contributed by atoms with van der Waals surface area (Å²) in [4.78, 5) is 12.2. The topological polar surface area (TPSA) is 56.1 Å². The van der Waals surface area contributed by atoms with Crippen molar-refractivity contribution in [2.45, 2.75) is 38.3 Å². The molecule has 1 aromatic heterocycles. The first-order chi connectivity index (χ1) is 11.8. The van der Waals surface area contributed by atoms with Gasteiger partial charge in [-0.2, -0.15) is 5.10 Å². The van der Waals surface area contributed by atoms with Gasteiger partial charge in [0.05, 0.1) is 12.3 Å². The number of nitrogens with one attached hydrogen (secondary N) is 1. The van der Waals surface area contributed by atoms with Crippen molar-refractivity contribution >= 4 is 5.91 Å². The molecule has 1 saturated heterocycles. The maximum Gasteiger partial charge on any atom is 0.251 e. The van der Waals surface area contributed by atoms with Crippen LogP contribution in [0.1, 0.15) is 36.0 Å². The van der Waals surface area contributed by atoms with Crippen LogP contribution in [-0.4, -0.2) is 34.9 Å². The number of hydrogen-bond donors (Lipinski definition) is 1. The standard InChI is InChI=1S/C19H23N3O2/c23-19(20-11-18-2-1-9-24-18)16-7-5-15(6-8-16)17-10-21-22(13-17)12-14-3-4-14/h5-8,10,13-14,18H,1-4,9,11-12H2,(H,20,23)/t18-/m1/s1. The molecular formula is C19H23N3O2. The van der Waals surface area contributed by atoms with Gasteiger partial charge >= 0.3 is 0 Å². The molecular weight excluding hydrogens is 302 g/mol. The Bertz CT molecular complexity index is 698. The Labute approximate surface area is 142 Å². The molecule has 0 radical (unpaired) electrons. The van der Waals surface area contributed by atoms with E-state index in [-0.39, 0.29) is 12.0 Å². The Kier molecular flexibility index (Phi) is 4.34. The number of rotatable bonds is 6. The molecule has 1 aromatic carbocycles. The Balaban J connectivity index is 1.36. The van der Waals surface area contributed by atoms with E-state index >= 15 is 0 Å². The lowest BCUT2D eigenvalue weighted by Crippen LogP contribution is -2.31. The van der Waals surface area contributed by atoms with E-state index in [1.165, 1.54) is 12.8 Å². The minimum atomic E-state index is -0.0403. The highest BCUT2D eigenvalue weighted by Crippen LogP contribution is 2.31. The molecule has 1 saturated carbocycles. The Morgan fingerprint density at radius 3 is 2.75 bits per heavy atom. The molecule has 5 heteroatoms. The molecule has 1 atom stereocenters. The average Bonchev–Trinajstić information content (AvgIpc) is 3.09. The molecule has 2 fully saturated rings. The van der Waals surface area contributed by atoms with Crippen LogP contribution in [0.2, 0.25) is 0 Å². The van der Waals surface area contributed by atoms with Gasteiger partial charge < -0.3 is 10.1 Å². The fourth-order valence-corrected chi connectivity index (χ4v) is 3.11. The van der Waals surface area contributed by atoms with Gasteiger partial charge in [-0.05, 0) is 49.3 Å². The fourth-order valence-electron chi connectivity index (χ4n) is 3.11. The molecule has 1 N–H and O–H groups in total. The summed E-state index contributed by atoms with van der Waals surface area (Å²) in [6.07, 6.45) is 8.93. The third kappa shape index (κ3) is 3.67. The predicted molar refractivity (Wildman–Crippen MR) is 91.7 cm³/mol. The highest BCUT2D eigenvalue weighted by molar-refractivity contribution is 5.94. The molecule has 1 aliphatic heterocycles. The SMILES string of the molecule is O=C(NC[C@H]1CCCO1)c1ccc(-c2cnn(CC3CC3)c2)cc1. The molecule has 5 nitrogen and oxygen atoms in total. The number of carbonyl (C=O) groups is 1. The van der Waals surface area contributed by atoms with E-state index in [0.717, 1.165) is 43.0 Å². The Morgan fingerprint density at radius 1 is 1.21 bits per heavy atom. The summed E-state index contributed by atoms with van der Waals surface area (Å²) in [5.74, 6) is 0.772. The highest BCUT2D eigenvalue weighted by atomic mass is 16.5. The zero-order valence-corrected chi connectivity index (χ0v) is 13.8. The largest absolute Gasteiger partial charge is 0.376 e. The second-order valence-corrected chi connectivity index (χ2v) is 6.82. The van der Waals surface area contributed by atoms with Crippen molar-refractivity contribution in [3.63, 3.8) is 0 Å². The van der Waals surface area contributed by atoms with E-state index in [9.17, 15) is 4.79 Å². The smallest absolute Gasteiger partial charge is 0.251 e. The van der Waals surface area contributed by atoms with Gasteiger partial charge in [0, 0.05) is 37.0 Å². The summed E-state index contributed by atoms with van der Waals surface area (Å²) < 4.78 is 7.55. The Hall–Kier alpha value is -2.14. The fraction of sp³-hybridized carbons (Fsp3) is 0.474. The lowest BCUT2D eigenvalue weighted by atomic mass is 10.1. The molecule has 2 aromatic rings. The molecule has 4 rings (SSSR count). The second-order valence-electron chi connectivity index (χ2n) is 6.82. The van der Waals surface area contributed by atoms with E-state index in [1.807, 2.05) is 35.1 Å². The predicted octanol–water partition coefficient (Wildman–Crippen LogP) is 2.87. The maximum atomic E-state index is 12.2. The quantitative estimate of drug-likeness (QED) is 0.888. The highest BCUT2D eigenvalue weighted by Gasteiger charge is 2.22. The lowest BCUT2D eigenvalue weighted by molar-refractivity contribution is 0.0858. The number of amides is 1. The number of nitrogens with zero attached hydrogens (tertiary/aromatic N) is 2. The molecule has 0 bridgehead atoms. The van der Waals surface area contributed by atoms with Gasteiger partial charge in [-0.15, -0.1) is 0 Å². The van der Waals surface area contributed by atoms with Crippen LogP contribution >= 0.6 is 0 Å². The third-order valence-electron chi connectivity index (χ3n) is 4.77. The van der Waals surface area contributed by atoms with E-state index < -0.39 is 0 Å². The monoisotopic (exact) mass is 325 g/mol. The zero-order chi connectivity index (χ0) is 16.4.